The predicted molar refractivity (Wildman–Crippen MR) is 55.7 cm³/mol. The lowest BCUT2D eigenvalue weighted by Gasteiger charge is -2.00. The molecule has 0 saturated carbocycles. The van der Waals surface area contributed by atoms with Crippen molar-refractivity contribution in [2.24, 2.45) is 5.73 Å². The minimum Gasteiger partial charge on any atom is -0.454 e. The zero-order valence-corrected chi connectivity index (χ0v) is 8.25. The van der Waals surface area contributed by atoms with Gasteiger partial charge in [0.1, 0.15) is 0 Å². The van der Waals surface area contributed by atoms with Crippen LogP contribution in [0.1, 0.15) is 5.56 Å². The van der Waals surface area contributed by atoms with E-state index in [9.17, 15) is 0 Å². The number of benzene rings is 1. The second-order valence-electron chi connectivity index (χ2n) is 2.87. The summed E-state index contributed by atoms with van der Waals surface area (Å²) in [6.45, 7) is 0.741. The fraction of sp³-hybridized carbons (Fsp3) is 0.200. The number of rotatable bonds is 2. The molecule has 1 aliphatic heterocycles. The second kappa shape index (κ2) is 3.90. The van der Waals surface area contributed by atoms with Gasteiger partial charge in [0.15, 0.2) is 11.5 Å². The molecule has 2 rings (SSSR count). The molecular formula is C10H10ClNO2. The molecule has 0 spiro atoms. The number of nitrogens with two attached hydrogens (primary N) is 1. The van der Waals surface area contributed by atoms with Crippen molar-refractivity contribution in [2.75, 3.05) is 13.3 Å². The lowest BCUT2D eigenvalue weighted by Crippen LogP contribution is -1.93. The second-order valence-corrected chi connectivity index (χ2v) is 3.28. The van der Waals surface area contributed by atoms with E-state index in [-0.39, 0.29) is 6.79 Å². The quantitative estimate of drug-likeness (QED) is 0.814. The summed E-state index contributed by atoms with van der Waals surface area (Å²) in [4.78, 5) is 0. The smallest absolute Gasteiger partial charge is 0.231 e. The summed E-state index contributed by atoms with van der Waals surface area (Å²) >= 11 is 5.98. The maximum absolute atomic E-state index is 5.98. The molecule has 0 atom stereocenters. The Kier molecular flexibility index (Phi) is 2.61. The van der Waals surface area contributed by atoms with Gasteiger partial charge in [0.05, 0.1) is 5.02 Å². The predicted octanol–water partition coefficient (Wildman–Crippen LogP) is 2.04. The van der Waals surface area contributed by atoms with Gasteiger partial charge in [-0.2, -0.15) is 0 Å². The first-order valence-corrected chi connectivity index (χ1v) is 4.65. The number of ether oxygens (including phenoxy) is 2. The summed E-state index contributed by atoms with van der Waals surface area (Å²) in [6, 6.07) is 3.70. The van der Waals surface area contributed by atoms with Gasteiger partial charge in [0.2, 0.25) is 6.79 Å². The summed E-state index contributed by atoms with van der Waals surface area (Å²) in [6.07, 6.45) is 3.75. The Morgan fingerprint density at radius 1 is 1.43 bits per heavy atom. The molecule has 0 aromatic heterocycles. The van der Waals surface area contributed by atoms with Gasteiger partial charge >= 0.3 is 0 Å². The van der Waals surface area contributed by atoms with E-state index in [0.29, 0.717) is 23.1 Å². The van der Waals surface area contributed by atoms with Crippen LogP contribution >= 0.6 is 11.6 Å². The molecule has 1 aromatic rings. The normalized spacial score (nSPS) is 13.9. The van der Waals surface area contributed by atoms with E-state index < -0.39 is 0 Å². The number of fused-ring (bicyclic) bond motifs is 1. The van der Waals surface area contributed by atoms with Crippen molar-refractivity contribution in [2.45, 2.75) is 0 Å². The van der Waals surface area contributed by atoms with E-state index in [2.05, 4.69) is 0 Å². The van der Waals surface area contributed by atoms with E-state index in [1.807, 2.05) is 24.3 Å². The Hall–Kier alpha value is -1.19. The SMILES string of the molecule is NCC=Cc1cc(Cl)c2c(c1)OCO2. The Morgan fingerprint density at radius 2 is 2.29 bits per heavy atom. The fourth-order valence-electron chi connectivity index (χ4n) is 1.29. The molecular weight excluding hydrogens is 202 g/mol. The highest BCUT2D eigenvalue weighted by Crippen LogP contribution is 2.39. The fourth-order valence-corrected chi connectivity index (χ4v) is 1.56. The largest absolute Gasteiger partial charge is 0.454 e. The van der Waals surface area contributed by atoms with E-state index in [4.69, 9.17) is 26.8 Å². The van der Waals surface area contributed by atoms with Crippen LogP contribution in [-0.4, -0.2) is 13.3 Å². The van der Waals surface area contributed by atoms with Gasteiger partial charge in [0.25, 0.3) is 0 Å². The van der Waals surface area contributed by atoms with Crippen LogP contribution in [0, 0.1) is 0 Å². The molecule has 1 aromatic carbocycles. The van der Waals surface area contributed by atoms with Crippen molar-refractivity contribution in [3.05, 3.63) is 28.8 Å². The molecule has 1 heterocycles. The maximum Gasteiger partial charge on any atom is 0.231 e. The first-order chi connectivity index (χ1) is 6.81. The van der Waals surface area contributed by atoms with Crippen LogP contribution in [0.5, 0.6) is 11.5 Å². The molecule has 2 N–H and O–H groups in total. The Bertz CT molecular complexity index is 377. The monoisotopic (exact) mass is 211 g/mol. The Morgan fingerprint density at radius 3 is 3.07 bits per heavy atom. The summed E-state index contributed by atoms with van der Waals surface area (Å²) < 4.78 is 10.4. The standard InChI is InChI=1S/C10H10ClNO2/c11-8-4-7(2-1-3-12)5-9-10(8)14-6-13-9/h1-2,4-5H,3,6,12H2. The minimum absolute atomic E-state index is 0.235. The van der Waals surface area contributed by atoms with E-state index in [1.165, 1.54) is 0 Å². The van der Waals surface area contributed by atoms with Crippen LogP contribution in [0.4, 0.5) is 0 Å². The highest BCUT2D eigenvalue weighted by atomic mass is 35.5. The zero-order chi connectivity index (χ0) is 9.97. The third-order valence-electron chi connectivity index (χ3n) is 1.90. The van der Waals surface area contributed by atoms with Gasteiger partial charge in [-0.1, -0.05) is 23.8 Å². The lowest BCUT2D eigenvalue weighted by molar-refractivity contribution is 0.174. The molecule has 74 valence electrons. The summed E-state index contributed by atoms with van der Waals surface area (Å²) in [5, 5.41) is 0.566. The van der Waals surface area contributed by atoms with E-state index >= 15 is 0 Å². The summed E-state index contributed by atoms with van der Waals surface area (Å²) in [5.41, 5.74) is 6.31. The van der Waals surface area contributed by atoms with Crippen molar-refractivity contribution >= 4 is 17.7 Å². The molecule has 0 amide bonds. The highest BCUT2D eigenvalue weighted by molar-refractivity contribution is 6.32. The lowest BCUT2D eigenvalue weighted by atomic mass is 10.2. The van der Waals surface area contributed by atoms with Crippen LogP contribution in [0.25, 0.3) is 6.08 Å². The van der Waals surface area contributed by atoms with Gasteiger partial charge in [-0.3, -0.25) is 0 Å². The Labute approximate surface area is 87.1 Å². The van der Waals surface area contributed by atoms with Crippen molar-refractivity contribution in [3.8, 4) is 11.5 Å². The van der Waals surface area contributed by atoms with Crippen molar-refractivity contribution in [3.63, 3.8) is 0 Å². The van der Waals surface area contributed by atoms with Gasteiger partial charge in [-0.05, 0) is 17.7 Å². The van der Waals surface area contributed by atoms with E-state index in [1.54, 1.807) is 0 Å². The average Bonchev–Trinajstić information content (AvgIpc) is 2.63. The van der Waals surface area contributed by atoms with Gasteiger partial charge in [0, 0.05) is 6.54 Å². The Balaban J connectivity index is 2.37. The van der Waals surface area contributed by atoms with Gasteiger partial charge < -0.3 is 15.2 Å². The molecule has 0 radical (unpaired) electrons. The third kappa shape index (κ3) is 1.69. The van der Waals surface area contributed by atoms with Gasteiger partial charge in [-0.25, -0.2) is 0 Å². The molecule has 0 unspecified atom stereocenters. The average molecular weight is 212 g/mol. The van der Waals surface area contributed by atoms with Crippen LogP contribution < -0.4 is 15.2 Å². The molecule has 0 aliphatic carbocycles. The van der Waals surface area contributed by atoms with Crippen LogP contribution in [-0.2, 0) is 0 Å². The molecule has 3 nitrogen and oxygen atoms in total. The summed E-state index contributed by atoms with van der Waals surface area (Å²) in [5.74, 6) is 1.31. The minimum atomic E-state index is 0.235. The summed E-state index contributed by atoms with van der Waals surface area (Å²) in [7, 11) is 0. The first kappa shape index (κ1) is 9.37. The third-order valence-corrected chi connectivity index (χ3v) is 2.18. The molecule has 4 heteroatoms. The number of hydrogen-bond acceptors (Lipinski definition) is 3. The molecule has 14 heavy (non-hydrogen) atoms. The highest BCUT2D eigenvalue weighted by Gasteiger charge is 2.17. The molecule has 0 saturated heterocycles. The van der Waals surface area contributed by atoms with Crippen molar-refractivity contribution in [1.29, 1.82) is 0 Å². The van der Waals surface area contributed by atoms with Crippen LogP contribution in [0.15, 0.2) is 18.2 Å². The molecule has 1 aliphatic rings. The topological polar surface area (TPSA) is 44.5 Å². The molecule has 0 bridgehead atoms. The maximum atomic E-state index is 5.98. The molecule has 0 fully saturated rings. The van der Waals surface area contributed by atoms with Crippen molar-refractivity contribution < 1.29 is 9.47 Å². The van der Waals surface area contributed by atoms with Crippen molar-refractivity contribution in [1.82, 2.24) is 0 Å². The van der Waals surface area contributed by atoms with Crippen LogP contribution in [0.3, 0.4) is 0 Å². The van der Waals surface area contributed by atoms with Crippen LogP contribution in [0.2, 0.25) is 5.02 Å². The van der Waals surface area contributed by atoms with E-state index in [0.717, 1.165) is 5.56 Å². The number of halogens is 1. The zero-order valence-electron chi connectivity index (χ0n) is 7.50. The number of hydrogen-bond donors (Lipinski definition) is 1. The van der Waals surface area contributed by atoms with Gasteiger partial charge in [-0.15, -0.1) is 0 Å². The first-order valence-electron chi connectivity index (χ1n) is 4.27.